The molecule has 2 rings (SSSR count). The number of carbonyl (C=O) groups excluding carboxylic acids is 1. The van der Waals surface area contributed by atoms with Gasteiger partial charge in [-0.05, 0) is 56.3 Å². The van der Waals surface area contributed by atoms with E-state index in [-0.39, 0.29) is 6.04 Å². The summed E-state index contributed by atoms with van der Waals surface area (Å²) in [6.07, 6.45) is 2.29. The van der Waals surface area contributed by atoms with E-state index in [1.807, 2.05) is 34.0 Å². The molecule has 1 atom stereocenters. The van der Waals surface area contributed by atoms with Crippen LogP contribution in [0, 0.1) is 0 Å². The highest BCUT2D eigenvalue weighted by molar-refractivity contribution is 5.80. The normalized spacial score (nSPS) is 13.1. The van der Waals surface area contributed by atoms with E-state index >= 15 is 0 Å². The summed E-state index contributed by atoms with van der Waals surface area (Å²) in [6, 6.07) is 8.23. The fraction of sp³-hybridized carbons (Fsp3) is 0.471. The quantitative estimate of drug-likeness (QED) is 0.912. The Balaban J connectivity index is 2.03. The van der Waals surface area contributed by atoms with Gasteiger partial charge in [0, 0.05) is 31.3 Å². The Morgan fingerprint density at radius 3 is 2.73 bits per heavy atom. The van der Waals surface area contributed by atoms with E-state index in [9.17, 15) is 4.79 Å². The highest BCUT2D eigenvalue weighted by atomic mass is 16.6. The zero-order chi connectivity index (χ0) is 16.3. The summed E-state index contributed by atoms with van der Waals surface area (Å²) in [6.45, 7) is 5.89. The standard InChI is InChI=1S/C17H25N3O2/c1-17(2,3)22-16(21)19-14(11-18)10-12-5-6-15-13(9-12)7-8-20(15)4/h5-9,14H,10-11,18H2,1-4H3,(H,19,21). The Kier molecular flexibility index (Phi) is 4.76. The third-order valence-electron chi connectivity index (χ3n) is 3.44. The van der Waals surface area contributed by atoms with E-state index < -0.39 is 11.7 Å². The molecule has 120 valence electrons. The number of fused-ring (bicyclic) bond motifs is 1. The minimum Gasteiger partial charge on any atom is -0.444 e. The molecule has 0 fully saturated rings. The second-order valence-corrected chi connectivity index (χ2v) is 6.60. The molecular formula is C17H25N3O2. The third-order valence-corrected chi connectivity index (χ3v) is 3.44. The maximum Gasteiger partial charge on any atom is 0.407 e. The lowest BCUT2D eigenvalue weighted by molar-refractivity contribution is 0.0506. The molecule has 22 heavy (non-hydrogen) atoms. The number of benzene rings is 1. The number of ether oxygens (including phenoxy) is 1. The minimum absolute atomic E-state index is 0.143. The van der Waals surface area contributed by atoms with Gasteiger partial charge in [0.05, 0.1) is 0 Å². The zero-order valence-electron chi connectivity index (χ0n) is 13.7. The lowest BCUT2D eigenvalue weighted by Gasteiger charge is -2.23. The van der Waals surface area contributed by atoms with Crippen LogP contribution in [0.1, 0.15) is 26.3 Å². The monoisotopic (exact) mass is 303 g/mol. The van der Waals surface area contributed by atoms with Crippen LogP contribution in [0.25, 0.3) is 10.9 Å². The molecule has 2 aromatic rings. The van der Waals surface area contributed by atoms with Crippen LogP contribution in [-0.4, -0.2) is 28.8 Å². The predicted octanol–water partition coefficient (Wildman–Crippen LogP) is 2.57. The Morgan fingerprint density at radius 2 is 2.09 bits per heavy atom. The number of nitrogens with two attached hydrogens (primary N) is 1. The average Bonchev–Trinajstić information content (AvgIpc) is 2.77. The number of hydrogen-bond acceptors (Lipinski definition) is 3. The van der Waals surface area contributed by atoms with E-state index in [1.165, 1.54) is 10.9 Å². The van der Waals surface area contributed by atoms with Gasteiger partial charge in [0.2, 0.25) is 0 Å². The van der Waals surface area contributed by atoms with Crippen LogP contribution in [0.3, 0.4) is 0 Å². The summed E-state index contributed by atoms with van der Waals surface area (Å²) in [7, 11) is 2.02. The van der Waals surface area contributed by atoms with Gasteiger partial charge in [0.25, 0.3) is 0 Å². The highest BCUT2D eigenvalue weighted by Gasteiger charge is 2.19. The maximum absolute atomic E-state index is 11.8. The van der Waals surface area contributed by atoms with Gasteiger partial charge in [-0.3, -0.25) is 0 Å². The van der Waals surface area contributed by atoms with Crippen LogP contribution in [0.4, 0.5) is 4.79 Å². The Morgan fingerprint density at radius 1 is 1.36 bits per heavy atom. The van der Waals surface area contributed by atoms with Crippen molar-refractivity contribution in [2.75, 3.05) is 6.54 Å². The van der Waals surface area contributed by atoms with Crippen molar-refractivity contribution in [1.29, 1.82) is 0 Å². The summed E-state index contributed by atoms with van der Waals surface area (Å²) in [5.41, 5.74) is 7.60. The number of carbonyl (C=O) groups is 1. The van der Waals surface area contributed by atoms with Gasteiger partial charge < -0.3 is 20.4 Å². The van der Waals surface area contributed by atoms with Crippen molar-refractivity contribution in [1.82, 2.24) is 9.88 Å². The molecule has 0 aliphatic carbocycles. The number of nitrogens with zero attached hydrogens (tertiary/aromatic N) is 1. The molecule has 0 aliphatic heterocycles. The summed E-state index contributed by atoms with van der Waals surface area (Å²) in [4.78, 5) is 11.8. The second kappa shape index (κ2) is 6.40. The summed E-state index contributed by atoms with van der Waals surface area (Å²) in [5, 5.41) is 4.02. The average molecular weight is 303 g/mol. The number of aromatic nitrogens is 1. The Hall–Kier alpha value is -2.01. The molecule has 5 nitrogen and oxygen atoms in total. The van der Waals surface area contributed by atoms with E-state index in [2.05, 4.69) is 34.1 Å². The molecule has 0 radical (unpaired) electrons. The van der Waals surface area contributed by atoms with Crippen molar-refractivity contribution in [3.63, 3.8) is 0 Å². The van der Waals surface area contributed by atoms with Gasteiger partial charge in [-0.15, -0.1) is 0 Å². The SMILES string of the molecule is Cn1ccc2cc(CC(CN)NC(=O)OC(C)(C)C)ccc21. The molecule has 1 amide bonds. The number of amides is 1. The Labute approximate surface area is 131 Å². The molecule has 1 aromatic carbocycles. The molecule has 0 spiro atoms. The summed E-state index contributed by atoms with van der Waals surface area (Å²) >= 11 is 0. The number of nitrogens with one attached hydrogen (secondary N) is 1. The van der Waals surface area contributed by atoms with Crippen molar-refractivity contribution in [3.05, 3.63) is 36.0 Å². The van der Waals surface area contributed by atoms with E-state index in [1.54, 1.807) is 0 Å². The number of alkyl carbamates (subject to hydrolysis) is 1. The molecule has 0 saturated heterocycles. The number of hydrogen-bond donors (Lipinski definition) is 2. The molecule has 3 N–H and O–H groups in total. The van der Waals surface area contributed by atoms with Gasteiger partial charge in [-0.25, -0.2) is 4.79 Å². The predicted molar refractivity (Wildman–Crippen MR) is 88.8 cm³/mol. The number of aryl methyl sites for hydroxylation is 1. The molecular weight excluding hydrogens is 278 g/mol. The van der Waals surface area contributed by atoms with Crippen molar-refractivity contribution in [3.8, 4) is 0 Å². The summed E-state index contributed by atoms with van der Waals surface area (Å²) < 4.78 is 7.35. The van der Waals surface area contributed by atoms with Crippen molar-refractivity contribution >= 4 is 17.0 Å². The Bertz CT molecular complexity index is 655. The van der Waals surface area contributed by atoms with Gasteiger partial charge in [-0.1, -0.05) is 6.07 Å². The smallest absolute Gasteiger partial charge is 0.407 e. The van der Waals surface area contributed by atoms with Gasteiger partial charge >= 0.3 is 6.09 Å². The first kappa shape index (κ1) is 16.4. The molecule has 1 aromatic heterocycles. The van der Waals surface area contributed by atoms with Crippen LogP contribution in [0.2, 0.25) is 0 Å². The topological polar surface area (TPSA) is 69.3 Å². The molecule has 0 saturated carbocycles. The molecule has 0 bridgehead atoms. The molecule has 1 unspecified atom stereocenters. The molecule has 0 aliphatic rings. The third kappa shape index (κ3) is 4.24. The summed E-state index contributed by atoms with van der Waals surface area (Å²) in [5.74, 6) is 0. The van der Waals surface area contributed by atoms with Crippen LogP contribution in [-0.2, 0) is 18.2 Å². The van der Waals surface area contributed by atoms with Gasteiger partial charge in [-0.2, -0.15) is 0 Å². The lowest BCUT2D eigenvalue weighted by atomic mass is 10.0. The highest BCUT2D eigenvalue weighted by Crippen LogP contribution is 2.17. The second-order valence-electron chi connectivity index (χ2n) is 6.60. The zero-order valence-corrected chi connectivity index (χ0v) is 13.7. The van der Waals surface area contributed by atoms with E-state index in [0.717, 1.165) is 5.56 Å². The minimum atomic E-state index is -0.508. The maximum atomic E-state index is 11.8. The first-order valence-corrected chi connectivity index (χ1v) is 7.52. The number of rotatable bonds is 4. The van der Waals surface area contributed by atoms with E-state index in [4.69, 9.17) is 10.5 Å². The first-order chi connectivity index (χ1) is 10.3. The van der Waals surface area contributed by atoms with Crippen LogP contribution in [0.15, 0.2) is 30.5 Å². The van der Waals surface area contributed by atoms with Gasteiger partial charge in [0.1, 0.15) is 5.60 Å². The largest absolute Gasteiger partial charge is 0.444 e. The van der Waals surface area contributed by atoms with Crippen LogP contribution in [0.5, 0.6) is 0 Å². The molecule has 5 heteroatoms. The fourth-order valence-corrected chi connectivity index (χ4v) is 2.41. The lowest BCUT2D eigenvalue weighted by Crippen LogP contribution is -2.44. The van der Waals surface area contributed by atoms with Crippen LogP contribution >= 0.6 is 0 Å². The van der Waals surface area contributed by atoms with Crippen molar-refractivity contribution in [2.24, 2.45) is 12.8 Å². The van der Waals surface area contributed by atoms with Gasteiger partial charge in [0.15, 0.2) is 0 Å². The molecule has 1 heterocycles. The van der Waals surface area contributed by atoms with E-state index in [0.29, 0.717) is 13.0 Å². The fourth-order valence-electron chi connectivity index (χ4n) is 2.41. The first-order valence-electron chi connectivity index (χ1n) is 7.52. The van der Waals surface area contributed by atoms with Crippen molar-refractivity contribution < 1.29 is 9.53 Å². The van der Waals surface area contributed by atoms with Crippen molar-refractivity contribution in [2.45, 2.75) is 38.8 Å². The van der Waals surface area contributed by atoms with Crippen LogP contribution < -0.4 is 11.1 Å².